The molecule has 0 saturated carbocycles. The second-order valence-electron chi connectivity index (χ2n) is 7.42. The molecule has 1 saturated heterocycles. The molecule has 1 aliphatic heterocycles. The first kappa shape index (κ1) is 22.2. The largest absolute Gasteiger partial charge is 0.441 e. The molecule has 0 unspecified atom stereocenters. The summed E-state index contributed by atoms with van der Waals surface area (Å²) in [4.78, 5) is 16.7. The molecule has 3 aromatic rings. The summed E-state index contributed by atoms with van der Waals surface area (Å²) in [7, 11) is -3.52. The average molecular weight is 456 g/mol. The number of aromatic nitrogens is 1. The number of hydrogen-bond acceptors (Lipinski definition) is 6. The highest BCUT2D eigenvalue weighted by atomic mass is 32.2. The Morgan fingerprint density at radius 3 is 2.47 bits per heavy atom. The lowest BCUT2D eigenvalue weighted by molar-refractivity contribution is -0.121. The van der Waals surface area contributed by atoms with E-state index in [1.54, 1.807) is 30.5 Å². The molecule has 2 aromatic carbocycles. The van der Waals surface area contributed by atoms with Gasteiger partial charge in [0.05, 0.1) is 24.3 Å². The highest BCUT2D eigenvalue weighted by Gasteiger charge is 2.26. The maximum Gasteiger partial charge on any atom is 0.243 e. The van der Waals surface area contributed by atoms with Gasteiger partial charge in [-0.3, -0.25) is 4.79 Å². The van der Waals surface area contributed by atoms with Crippen LogP contribution in [0.1, 0.15) is 17.9 Å². The van der Waals surface area contributed by atoms with Gasteiger partial charge in [0, 0.05) is 38.0 Å². The molecule has 2 heterocycles. The van der Waals surface area contributed by atoms with E-state index in [4.69, 9.17) is 9.15 Å². The third-order valence-electron chi connectivity index (χ3n) is 5.20. The Hall–Kier alpha value is -3.01. The monoisotopic (exact) mass is 455 g/mol. The molecule has 1 amide bonds. The third kappa shape index (κ3) is 5.42. The molecule has 1 fully saturated rings. The van der Waals surface area contributed by atoms with Crippen LogP contribution in [0.2, 0.25) is 0 Å². The second-order valence-corrected chi connectivity index (χ2v) is 9.36. The van der Waals surface area contributed by atoms with E-state index in [2.05, 4.69) is 10.3 Å². The Bertz CT molecular complexity index is 1140. The molecule has 0 bridgehead atoms. The van der Waals surface area contributed by atoms with Crippen molar-refractivity contribution in [3.63, 3.8) is 0 Å². The van der Waals surface area contributed by atoms with Crippen molar-refractivity contribution in [1.82, 2.24) is 14.6 Å². The molecule has 0 aliphatic carbocycles. The molecule has 0 spiro atoms. The minimum Gasteiger partial charge on any atom is -0.441 e. The summed E-state index contributed by atoms with van der Waals surface area (Å²) >= 11 is 0. The highest BCUT2D eigenvalue weighted by molar-refractivity contribution is 7.89. The maximum atomic E-state index is 12.7. The summed E-state index contributed by atoms with van der Waals surface area (Å²) in [6.07, 6.45) is 2.31. The van der Waals surface area contributed by atoms with Gasteiger partial charge in [-0.05, 0) is 17.7 Å². The fraction of sp³-hybridized carbons (Fsp3) is 0.304. The van der Waals surface area contributed by atoms with Gasteiger partial charge in [-0.1, -0.05) is 42.5 Å². The molecule has 8 nitrogen and oxygen atoms in total. The van der Waals surface area contributed by atoms with E-state index in [0.717, 1.165) is 11.1 Å². The summed E-state index contributed by atoms with van der Waals surface area (Å²) in [5, 5.41) is 2.84. The van der Waals surface area contributed by atoms with Crippen molar-refractivity contribution in [1.29, 1.82) is 0 Å². The number of hydrogen-bond donors (Lipinski definition) is 1. The van der Waals surface area contributed by atoms with E-state index in [-0.39, 0.29) is 17.2 Å². The van der Waals surface area contributed by atoms with Crippen molar-refractivity contribution in [2.45, 2.75) is 24.3 Å². The van der Waals surface area contributed by atoms with Crippen molar-refractivity contribution in [2.24, 2.45) is 0 Å². The zero-order valence-electron chi connectivity index (χ0n) is 17.6. The lowest BCUT2D eigenvalue weighted by Gasteiger charge is -2.26. The number of rotatable bonds is 8. The number of nitrogens with one attached hydrogen (secondary N) is 1. The zero-order valence-corrected chi connectivity index (χ0v) is 18.4. The first-order chi connectivity index (χ1) is 15.5. The topological polar surface area (TPSA) is 102 Å². The second kappa shape index (κ2) is 10.1. The van der Waals surface area contributed by atoms with Crippen LogP contribution in [0.5, 0.6) is 0 Å². The van der Waals surface area contributed by atoms with Crippen LogP contribution in [-0.4, -0.2) is 49.9 Å². The summed E-state index contributed by atoms with van der Waals surface area (Å²) in [6, 6.07) is 16.2. The quantitative estimate of drug-likeness (QED) is 0.560. The SMILES string of the molecule is O=C(CCc1ncc(-c2ccccc2)o1)NCc1ccc(S(=O)(=O)N2CCOCC2)cc1. The molecule has 9 heteroatoms. The van der Waals surface area contributed by atoms with Gasteiger partial charge in [-0.2, -0.15) is 4.31 Å². The zero-order chi connectivity index (χ0) is 22.4. The molecular formula is C23H25N3O5S. The Balaban J connectivity index is 1.26. The molecule has 4 rings (SSSR count). The number of aryl methyl sites for hydroxylation is 1. The van der Waals surface area contributed by atoms with Crippen LogP contribution >= 0.6 is 0 Å². The minimum atomic E-state index is -3.52. The van der Waals surface area contributed by atoms with E-state index >= 15 is 0 Å². The number of nitrogens with zero attached hydrogens (tertiary/aromatic N) is 2. The van der Waals surface area contributed by atoms with Gasteiger partial charge in [0.2, 0.25) is 15.9 Å². The normalized spacial score (nSPS) is 14.9. The van der Waals surface area contributed by atoms with Crippen LogP contribution in [0.4, 0.5) is 0 Å². The molecule has 0 atom stereocenters. The van der Waals surface area contributed by atoms with Gasteiger partial charge in [0.15, 0.2) is 11.7 Å². The Morgan fingerprint density at radius 1 is 1.03 bits per heavy atom. The van der Waals surface area contributed by atoms with E-state index in [1.165, 1.54) is 4.31 Å². The molecule has 1 N–H and O–H groups in total. The molecular weight excluding hydrogens is 430 g/mol. The van der Waals surface area contributed by atoms with Crippen molar-refractivity contribution in [2.75, 3.05) is 26.3 Å². The van der Waals surface area contributed by atoms with Crippen LogP contribution in [0.25, 0.3) is 11.3 Å². The van der Waals surface area contributed by atoms with Crippen LogP contribution in [0.15, 0.2) is 70.1 Å². The number of oxazole rings is 1. The van der Waals surface area contributed by atoms with Gasteiger partial charge < -0.3 is 14.5 Å². The molecule has 1 aliphatic rings. The van der Waals surface area contributed by atoms with Gasteiger partial charge in [0.25, 0.3) is 0 Å². The molecule has 168 valence electrons. The van der Waals surface area contributed by atoms with Gasteiger partial charge in [0.1, 0.15) is 0 Å². The van der Waals surface area contributed by atoms with Crippen LogP contribution in [0.3, 0.4) is 0 Å². The number of benzene rings is 2. The first-order valence-electron chi connectivity index (χ1n) is 10.5. The van der Waals surface area contributed by atoms with E-state index in [9.17, 15) is 13.2 Å². The van der Waals surface area contributed by atoms with E-state index in [1.807, 2.05) is 30.3 Å². The fourth-order valence-corrected chi connectivity index (χ4v) is 4.79. The van der Waals surface area contributed by atoms with Crippen molar-refractivity contribution in [3.05, 3.63) is 72.2 Å². The fourth-order valence-electron chi connectivity index (χ4n) is 3.39. The Labute approximate surface area is 187 Å². The molecule has 32 heavy (non-hydrogen) atoms. The van der Waals surface area contributed by atoms with Crippen LogP contribution < -0.4 is 5.32 Å². The number of sulfonamides is 1. The number of ether oxygens (including phenoxy) is 1. The lowest BCUT2D eigenvalue weighted by atomic mass is 10.2. The van der Waals surface area contributed by atoms with Gasteiger partial charge in [-0.25, -0.2) is 13.4 Å². The lowest BCUT2D eigenvalue weighted by Crippen LogP contribution is -2.40. The van der Waals surface area contributed by atoms with Gasteiger partial charge in [-0.15, -0.1) is 0 Å². The summed E-state index contributed by atoms with van der Waals surface area (Å²) in [5.41, 5.74) is 1.76. The van der Waals surface area contributed by atoms with Gasteiger partial charge >= 0.3 is 0 Å². The summed E-state index contributed by atoms with van der Waals surface area (Å²) in [6.45, 7) is 1.85. The summed E-state index contributed by atoms with van der Waals surface area (Å²) < 4.78 is 37.7. The van der Waals surface area contributed by atoms with E-state index < -0.39 is 10.0 Å². The number of amides is 1. The Kier molecular flexibility index (Phi) is 6.99. The standard InChI is InChI=1S/C23H25N3O5S/c27-22(10-11-23-25-17-21(31-23)19-4-2-1-3-5-19)24-16-18-6-8-20(9-7-18)32(28,29)26-12-14-30-15-13-26/h1-9,17H,10-16H2,(H,24,27). The number of carbonyl (C=O) groups excluding carboxylic acids is 1. The van der Waals surface area contributed by atoms with Crippen molar-refractivity contribution in [3.8, 4) is 11.3 Å². The third-order valence-corrected chi connectivity index (χ3v) is 7.11. The predicted octanol–water partition coefficient (Wildman–Crippen LogP) is 2.61. The number of carbonyl (C=O) groups is 1. The average Bonchev–Trinajstić information content (AvgIpc) is 3.32. The Morgan fingerprint density at radius 2 is 1.75 bits per heavy atom. The molecule has 1 aromatic heterocycles. The summed E-state index contributed by atoms with van der Waals surface area (Å²) in [5.74, 6) is 1.05. The smallest absolute Gasteiger partial charge is 0.243 e. The highest BCUT2D eigenvalue weighted by Crippen LogP contribution is 2.20. The first-order valence-corrected chi connectivity index (χ1v) is 11.9. The van der Waals surface area contributed by atoms with Crippen molar-refractivity contribution >= 4 is 15.9 Å². The maximum absolute atomic E-state index is 12.7. The van der Waals surface area contributed by atoms with Crippen LogP contribution in [0, 0.1) is 0 Å². The minimum absolute atomic E-state index is 0.130. The predicted molar refractivity (Wildman–Crippen MR) is 118 cm³/mol. The van der Waals surface area contributed by atoms with Crippen molar-refractivity contribution < 1.29 is 22.4 Å². The number of morpholine rings is 1. The van der Waals surface area contributed by atoms with E-state index in [0.29, 0.717) is 50.9 Å². The van der Waals surface area contributed by atoms with Crippen LogP contribution in [-0.2, 0) is 32.5 Å². The molecule has 0 radical (unpaired) electrons.